The highest BCUT2D eigenvalue weighted by molar-refractivity contribution is 6.00. The topological polar surface area (TPSA) is 49.8 Å². The van der Waals surface area contributed by atoms with E-state index in [0.717, 1.165) is 19.3 Å². The minimum Gasteiger partial charge on any atom is -0.406 e. The maximum absolute atomic E-state index is 13.1. The number of nitrogens with zero attached hydrogens (tertiary/aromatic N) is 1. The van der Waals surface area contributed by atoms with Gasteiger partial charge in [0, 0.05) is 12.2 Å². The first-order valence-electron chi connectivity index (χ1n) is 9.10. The van der Waals surface area contributed by atoms with Crippen molar-refractivity contribution < 1.29 is 27.8 Å². The third-order valence-corrected chi connectivity index (χ3v) is 5.67. The number of ether oxygens (including phenoxy) is 1. The highest BCUT2D eigenvalue weighted by Crippen LogP contribution is 2.49. The molecule has 1 aliphatic heterocycles. The van der Waals surface area contributed by atoms with E-state index < -0.39 is 11.8 Å². The fourth-order valence-electron chi connectivity index (χ4n) is 4.38. The molecule has 1 N–H and O–H groups in total. The second-order valence-electron chi connectivity index (χ2n) is 7.39. The Morgan fingerprint density at radius 3 is 2.58 bits per heavy atom. The summed E-state index contributed by atoms with van der Waals surface area (Å²) >= 11 is 0. The SMILES string of the molecule is CCC[C@H]1C[C@]2(CC[C@@H]1O)CCN(c1ccc(OC(F)(F)F)cc1)C2=O. The van der Waals surface area contributed by atoms with Gasteiger partial charge in [0.2, 0.25) is 5.91 Å². The van der Waals surface area contributed by atoms with E-state index in [1.54, 1.807) is 4.90 Å². The number of carbonyl (C=O) groups excluding carboxylic acids is 1. The monoisotopic (exact) mass is 371 g/mol. The zero-order chi connectivity index (χ0) is 18.9. The summed E-state index contributed by atoms with van der Waals surface area (Å²) in [6, 6.07) is 5.43. The van der Waals surface area contributed by atoms with Crippen molar-refractivity contribution >= 4 is 11.6 Å². The number of halogens is 3. The van der Waals surface area contributed by atoms with E-state index in [1.165, 1.54) is 24.3 Å². The molecular weight excluding hydrogens is 347 g/mol. The molecule has 1 saturated carbocycles. The van der Waals surface area contributed by atoms with Gasteiger partial charge in [-0.1, -0.05) is 13.3 Å². The molecule has 2 aliphatic rings. The number of amides is 1. The molecule has 3 rings (SSSR count). The fourth-order valence-corrected chi connectivity index (χ4v) is 4.38. The summed E-state index contributed by atoms with van der Waals surface area (Å²) in [4.78, 5) is 14.7. The number of benzene rings is 1. The lowest BCUT2D eigenvalue weighted by atomic mass is 9.66. The number of hydrogen-bond acceptors (Lipinski definition) is 3. The minimum absolute atomic E-state index is 0.0231. The molecule has 1 amide bonds. The van der Waals surface area contributed by atoms with E-state index in [1.807, 2.05) is 0 Å². The molecule has 1 saturated heterocycles. The van der Waals surface area contributed by atoms with Crippen LogP contribution in [-0.2, 0) is 4.79 Å². The molecule has 1 aromatic carbocycles. The summed E-state index contributed by atoms with van der Waals surface area (Å²) in [6.07, 6.45) is -0.503. The second kappa shape index (κ2) is 7.10. The lowest BCUT2D eigenvalue weighted by Gasteiger charge is -2.39. The molecule has 0 aromatic heterocycles. The Kier molecular flexibility index (Phi) is 5.19. The molecule has 1 aromatic rings. The average Bonchev–Trinajstić information content (AvgIpc) is 2.88. The standard InChI is InChI=1S/C19H24F3NO3/c1-2-3-13-12-18(9-8-16(13)24)10-11-23(17(18)25)14-4-6-15(7-5-14)26-19(20,21)22/h4-7,13,16,24H,2-3,8-12H2,1H3/t13-,16-,18-/m0/s1. The number of anilines is 1. The van der Waals surface area contributed by atoms with Gasteiger partial charge in [0.15, 0.2) is 0 Å². The Bertz CT molecular complexity index is 646. The van der Waals surface area contributed by atoms with Gasteiger partial charge >= 0.3 is 6.36 Å². The minimum atomic E-state index is -4.73. The van der Waals surface area contributed by atoms with E-state index >= 15 is 0 Å². The van der Waals surface area contributed by atoms with Crippen LogP contribution in [0.2, 0.25) is 0 Å². The quantitative estimate of drug-likeness (QED) is 0.860. The van der Waals surface area contributed by atoms with Gasteiger partial charge < -0.3 is 14.7 Å². The summed E-state index contributed by atoms with van der Waals surface area (Å²) in [7, 11) is 0. The Morgan fingerprint density at radius 1 is 1.27 bits per heavy atom. The molecule has 26 heavy (non-hydrogen) atoms. The van der Waals surface area contributed by atoms with Crippen molar-refractivity contribution in [1.29, 1.82) is 0 Å². The van der Waals surface area contributed by atoms with Crippen LogP contribution in [0, 0.1) is 11.3 Å². The Labute approximate surface area is 150 Å². The zero-order valence-corrected chi connectivity index (χ0v) is 14.8. The molecule has 4 nitrogen and oxygen atoms in total. The van der Waals surface area contributed by atoms with Gasteiger partial charge in [0.05, 0.1) is 11.5 Å². The number of aliphatic hydroxyl groups is 1. The molecule has 0 unspecified atom stereocenters. The predicted molar refractivity (Wildman–Crippen MR) is 90.8 cm³/mol. The lowest BCUT2D eigenvalue weighted by Crippen LogP contribution is -2.42. The average molecular weight is 371 g/mol. The molecule has 3 atom stereocenters. The van der Waals surface area contributed by atoms with Crippen LogP contribution < -0.4 is 9.64 Å². The van der Waals surface area contributed by atoms with Crippen LogP contribution in [0.25, 0.3) is 0 Å². The Balaban J connectivity index is 1.73. The summed E-state index contributed by atoms with van der Waals surface area (Å²) < 4.78 is 40.7. The first kappa shape index (κ1) is 19.0. The Morgan fingerprint density at radius 2 is 1.96 bits per heavy atom. The van der Waals surface area contributed by atoms with Crippen molar-refractivity contribution in [2.75, 3.05) is 11.4 Å². The molecule has 2 fully saturated rings. The van der Waals surface area contributed by atoms with Gasteiger partial charge in [-0.25, -0.2) is 0 Å². The zero-order valence-electron chi connectivity index (χ0n) is 14.8. The number of alkyl halides is 3. The predicted octanol–water partition coefficient (Wildman–Crippen LogP) is 4.27. The molecule has 7 heteroatoms. The normalized spacial score (nSPS) is 29.4. The first-order chi connectivity index (χ1) is 12.2. The summed E-state index contributed by atoms with van der Waals surface area (Å²) in [5.74, 6) is -0.137. The molecule has 0 radical (unpaired) electrons. The third-order valence-electron chi connectivity index (χ3n) is 5.67. The van der Waals surface area contributed by atoms with E-state index in [4.69, 9.17) is 0 Å². The second-order valence-corrected chi connectivity index (χ2v) is 7.39. The van der Waals surface area contributed by atoms with Gasteiger partial charge in [-0.2, -0.15) is 0 Å². The van der Waals surface area contributed by atoms with Gasteiger partial charge in [0.1, 0.15) is 5.75 Å². The lowest BCUT2D eigenvalue weighted by molar-refractivity contribution is -0.274. The first-order valence-corrected chi connectivity index (χ1v) is 9.10. The maximum atomic E-state index is 13.1. The molecule has 144 valence electrons. The maximum Gasteiger partial charge on any atom is 0.573 e. The fraction of sp³-hybridized carbons (Fsp3) is 0.632. The van der Waals surface area contributed by atoms with Crippen molar-refractivity contribution in [1.82, 2.24) is 0 Å². The molecule has 1 aliphatic carbocycles. The Hall–Kier alpha value is -1.76. The van der Waals surface area contributed by atoms with Crippen LogP contribution in [0.3, 0.4) is 0 Å². The highest BCUT2D eigenvalue weighted by atomic mass is 19.4. The number of aliphatic hydroxyl groups excluding tert-OH is 1. The van der Waals surface area contributed by atoms with Crippen LogP contribution in [0.1, 0.15) is 45.4 Å². The van der Waals surface area contributed by atoms with Gasteiger partial charge in [-0.15, -0.1) is 13.2 Å². The summed E-state index contributed by atoms with van der Waals surface area (Å²) in [6.45, 7) is 2.62. The summed E-state index contributed by atoms with van der Waals surface area (Å²) in [5, 5.41) is 10.2. The van der Waals surface area contributed by atoms with Crippen LogP contribution in [0.15, 0.2) is 24.3 Å². The molecular formula is C19H24F3NO3. The van der Waals surface area contributed by atoms with Crippen molar-refractivity contribution in [3.05, 3.63) is 24.3 Å². The largest absolute Gasteiger partial charge is 0.573 e. The van der Waals surface area contributed by atoms with Gasteiger partial charge in [-0.05, 0) is 62.3 Å². The van der Waals surface area contributed by atoms with E-state index in [2.05, 4.69) is 11.7 Å². The van der Waals surface area contributed by atoms with Crippen molar-refractivity contribution in [3.63, 3.8) is 0 Å². The van der Waals surface area contributed by atoms with E-state index in [9.17, 15) is 23.1 Å². The molecule has 1 heterocycles. The van der Waals surface area contributed by atoms with Crippen LogP contribution in [0.5, 0.6) is 5.75 Å². The van der Waals surface area contributed by atoms with Crippen molar-refractivity contribution in [3.8, 4) is 5.75 Å². The molecule has 0 bridgehead atoms. The smallest absolute Gasteiger partial charge is 0.406 e. The van der Waals surface area contributed by atoms with Crippen molar-refractivity contribution in [2.45, 2.75) is 57.9 Å². The third kappa shape index (κ3) is 3.82. The van der Waals surface area contributed by atoms with Gasteiger partial charge in [0.25, 0.3) is 0 Å². The van der Waals surface area contributed by atoms with Gasteiger partial charge in [-0.3, -0.25) is 4.79 Å². The van der Waals surface area contributed by atoms with Crippen LogP contribution >= 0.6 is 0 Å². The highest BCUT2D eigenvalue weighted by Gasteiger charge is 2.51. The van der Waals surface area contributed by atoms with E-state index in [0.29, 0.717) is 31.5 Å². The van der Waals surface area contributed by atoms with Crippen LogP contribution in [-0.4, -0.2) is 30.0 Å². The summed E-state index contributed by atoms with van der Waals surface area (Å²) in [5.41, 5.74) is 0.139. The van der Waals surface area contributed by atoms with Crippen LogP contribution in [0.4, 0.5) is 18.9 Å². The number of carbonyl (C=O) groups is 1. The number of hydrogen-bond donors (Lipinski definition) is 1. The van der Waals surface area contributed by atoms with Crippen molar-refractivity contribution in [2.24, 2.45) is 11.3 Å². The van der Waals surface area contributed by atoms with E-state index in [-0.39, 0.29) is 23.7 Å². The molecule has 1 spiro atoms. The number of rotatable bonds is 4.